The summed E-state index contributed by atoms with van der Waals surface area (Å²) in [5.41, 5.74) is 4.87. The quantitative estimate of drug-likeness (QED) is 0.898. The number of aromatic nitrogens is 2. The number of rotatable bonds is 2. The molecule has 0 bridgehead atoms. The van der Waals surface area contributed by atoms with Crippen LogP contribution in [0, 0.1) is 19.8 Å². The number of anilines is 1. The molecule has 3 heteroatoms. The number of benzene rings is 1. The second-order valence-corrected chi connectivity index (χ2v) is 5.81. The molecule has 3 rings (SSSR count). The minimum Gasteiger partial charge on any atom is -0.347 e. The summed E-state index contributed by atoms with van der Waals surface area (Å²) in [6.07, 6.45) is 2.38. The highest BCUT2D eigenvalue weighted by atomic mass is 15.1. The van der Waals surface area contributed by atoms with Crippen LogP contribution >= 0.6 is 0 Å². The molecule has 0 aliphatic heterocycles. The lowest BCUT2D eigenvalue weighted by atomic mass is 9.81. The molecule has 0 fully saturated rings. The van der Waals surface area contributed by atoms with E-state index < -0.39 is 0 Å². The molecule has 1 aliphatic rings. The molecule has 1 heterocycles. The zero-order valence-corrected chi connectivity index (χ0v) is 12.4. The first kappa shape index (κ1) is 13.1. The van der Waals surface area contributed by atoms with E-state index in [4.69, 9.17) is 0 Å². The van der Waals surface area contributed by atoms with Gasteiger partial charge in [-0.25, -0.2) is 9.97 Å². The van der Waals surface area contributed by atoms with Crippen molar-refractivity contribution in [2.45, 2.75) is 39.7 Å². The second-order valence-electron chi connectivity index (χ2n) is 5.81. The van der Waals surface area contributed by atoms with Gasteiger partial charge in [-0.2, -0.15) is 0 Å². The van der Waals surface area contributed by atoms with Crippen molar-refractivity contribution in [3.63, 3.8) is 0 Å². The molecule has 0 amide bonds. The van der Waals surface area contributed by atoms with E-state index in [9.17, 15) is 0 Å². The van der Waals surface area contributed by atoms with E-state index in [-0.39, 0.29) is 0 Å². The Balaban J connectivity index is 1.93. The highest BCUT2D eigenvalue weighted by Gasteiger charge is 2.26. The van der Waals surface area contributed by atoms with Crippen molar-refractivity contribution in [1.82, 2.24) is 9.97 Å². The van der Waals surface area contributed by atoms with Crippen LogP contribution in [0.2, 0.25) is 0 Å². The van der Waals surface area contributed by atoms with Gasteiger partial charge in [0.15, 0.2) is 0 Å². The molecule has 0 radical (unpaired) electrons. The number of hydrogen-bond donors (Lipinski definition) is 1. The van der Waals surface area contributed by atoms with Crippen molar-refractivity contribution in [3.8, 4) is 0 Å². The first-order valence-electron chi connectivity index (χ1n) is 7.30. The molecular weight excluding hydrogens is 246 g/mol. The summed E-state index contributed by atoms with van der Waals surface area (Å²) in [7, 11) is 0. The molecule has 2 aromatic rings. The Morgan fingerprint density at radius 1 is 1.10 bits per heavy atom. The van der Waals surface area contributed by atoms with Gasteiger partial charge in [-0.05, 0) is 49.8 Å². The van der Waals surface area contributed by atoms with Crippen LogP contribution in [0.3, 0.4) is 0 Å². The average molecular weight is 267 g/mol. The van der Waals surface area contributed by atoms with E-state index in [1.807, 2.05) is 19.9 Å². The van der Waals surface area contributed by atoms with E-state index in [1.54, 1.807) is 0 Å². The third-order valence-corrected chi connectivity index (χ3v) is 4.10. The minimum atomic E-state index is 0.307. The summed E-state index contributed by atoms with van der Waals surface area (Å²) in [5, 5.41) is 3.55. The van der Waals surface area contributed by atoms with Crippen LogP contribution in [0.5, 0.6) is 0 Å². The van der Waals surface area contributed by atoms with E-state index in [0.717, 1.165) is 17.3 Å². The highest BCUT2D eigenvalue weighted by Crippen LogP contribution is 2.35. The lowest BCUT2D eigenvalue weighted by molar-refractivity contribution is 0.432. The van der Waals surface area contributed by atoms with Crippen molar-refractivity contribution >= 4 is 5.95 Å². The molecular formula is C17H21N3. The summed E-state index contributed by atoms with van der Waals surface area (Å²) >= 11 is 0. The number of nitrogens with one attached hydrogen (secondary N) is 1. The summed E-state index contributed by atoms with van der Waals surface area (Å²) < 4.78 is 0. The number of aryl methyl sites for hydroxylation is 3. The predicted octanol–water partition coefficient (Wildman–Crippen LogP) is 3.83. The summed E-state index contributed by atoms with van der Waals surface area (Å²) in [6.45, 7) is 6.33. The first-order valence-corrected chi connectivity index (χ1v) is 7.30. The highest BCUT2D eigenvalue weighted by molar-refractivity contribution is 5.40. The van der Waals surface area contributed by atoms with Crippen LogP contribution in [0.1, 0.15) is 41.9 Å². The Hall–Kier alpha value is -1.90. The van der Waals surface area contributed by atoms with Gasteiger partial charge in [-0.1, -0.05) is 31.2 Å². The molecule has 3 nitrogen and oxygen atoms in total. The molecule has 1 aliphatic carbocycles. The Morgan fingerprint density at radius 3 is 2.55 bits per heavy atom. The number of hydrogen-bond acceptors (Lipinski definition) is 3. The van der Waals surface area contributed by atoms with Gasteiger partial charge < -0.3 is 5.32 Å². The number of fused-ring (bicyclic) bond motifs is 1. The third-order valence-electron chi connectivity index (χ3n) is 4.10. The lowest BCUT2D eigenvalue weighted by Gasteiger charge is -2.32. The summed E-state index contributed by atoms with van der Waals surface area (Å²) in [6, 6.07) is 11.0. The topological polar surface area (TPSA) is 37.8 Å². The maximum absolute atomic E-state index is 4.51. The van der Waals surface area contributed by atoms with E-state index >= 15 is 0 Å². The van der Waals surface area contributed by atoms with Crippen molar-refractivity contribution in [2.75, 3.05) is 5.32 Å². The fourth-order valence-corrected chi connectivity index (χ4v) is 3.07. The monoisotopic (exact) mass is 267 g/mol. The van der Waals surface area contributed by atoms with Gasteiger partial charge in [-0.3, -0.25) is 0 Å². The van der Waals surface area contributed by atoms with Crippen LogP contribution in [-0.4, -0.2) is 9.97 Å². The maximum atomic E-state index is 4.51. The van der Waals surface area contributed by atoms with Gasteiger partial charge in [-0.15, -0.1) is 0 Å². The van der Waals surface area contributed by atoms with Crippen LogP contribution < -0.4 is 5.32 Å². The first-order chi connectivity index (χ1) is 9.63. The fraction of sp³-hybridized carbons (Fsp3) is 0.412. The lowest BCUT2D eigenvalue weighted by Crippen LogP contribution is -2.25. The molecule has 1 aromatic heterocycles. The van der Waals surface area contributed by atoms with Crippen LogP contribution in [-0.2, 0) is 6.42 Å². The second kappa shape index (κ2) is 5.23. The van der Waals surface area contributed by atoms with Gasteiger partial charge in [0.05, 0.1) is 6.04 Å². The fourth-order valence-electron chi connectivity index (χ4n) is 3.07. The third kappa shape index (κ3) is 2.53. The zero-order valence-electron chi connectivity index (χ0n) is 12.4. The van der Waals surface area contributed by atoms with E-state index in [2.05, 4.69) is 46.5 Å². The van der Waals surface area contributed by atoms with Gasteiger partial charge in [0.2, 0.25) is 5.95 Å². The Kier molecular flexibility index (Phi) is 3.43. The van der Waals surface area contributed by atoms with E-state index in [0.29, 0.717) is 12.0 Å². The SMILES string of the molecule is Cc1cc(C)nc(NC2c3ccccc3CCC2C)n1. The molecule has 20 heavy (non-hydrogen) atoms. The molecule has 2 unspecified atom stereocenters. The Morgan fingerprint density at radius 2 is 1.80 bits per heavy atom. The van der Waals surface area contributed by atoms with Crippen LogP contribution in [0.25, 0.3) is 0 Å². The van der Waals surface area contributed by atoms with Crippen molar-refractivity contribution in [1.29, 1.82) is 0 Å². The zero-order chi connectivity index (χ0) is 14.1. The number of nitrogens with zero attached hydrogens (tertiary/aromatic N) is 2. The normalized spacial score (nSPS) is 21.4. The molecule has 0 spiro atoms. The largest absolute Gasteiger partial charge is 0.347 e. The molecule has 0 saturated carbocycles. The molecule has 0 saturated heterocycles. The molecule has 104 valence electrons. The van der Waals surface area contributed by atoms with Gasteiger partial charge in [0, 0.05) is 11.4 Å². The molecule has 2 atom stereocenters. The Labute approximate surface area is 120 Å². The smallest absolute Gasteiger partial charge is 0.223 e. The minimum absolute atomic E-state index is 0.307. The summed E-state index contributed by atoms with van der Waals surface area (Å²) in [4.78, 5) is 9.03. The van der Waals surface area contributed by atoms with Crippen molar-refractivity contribution < 1.29 is 0 Å². The van der Waals surface area contributed by atoms with Crippen LogP contribution in [0.4, 0.5) is 5.95 Å². The van der Waals surface area contributed by atoms with Gasteiger partial charge in [0.25, 0.3) is 0 Å². The van der Waals surface area contributed by atoms with Gasteiger partial charge in [0.1, 0.15) is 0 Å². The standard InChI is InChI=1S/C17H21N3/c1-11-8-9-14-6-4-5-7-15(14)16(11)20-17-18-12(2)10-13(3)19-17/h4-7,10-11,16H,8-9H2,1-3H3,(H,18,19,20). The molecule has 1 aromatic carbocycles. The Bertz CT molecular complexity index is 601. The van der Waals surface area contributed by atoms with Crippen LogP contribution in [0.15, 0.2) is 30.3 Å². The average Bonchev–Trinajstić information content (AvgIpc) is 2.41. The summed E-state index contributed by atoms with van der Waals surface area (Å²) in [5.74, 6) is 1.34. The van der Waals surface area contributed by atoms with Crippen molar-refractivity contribution in [3.05, 3.63) is 52.8 Å². The van der Waals surface area contributed by atoms with Crippen molar-refractivity contribution in [2.24, 2.45) is 5.92 Å². The molecule has 1 N–H and O–H groups in total. The van der Waals surface area contributed by atoms with Gasteiger partial charge >= 0.3 is 0 Å². The maximum Gasteiger partial charge on any atom is 0.223 e. The predicted molar refractivity (Wildman–Crippen MR) is 81.8 cm³/mol. The van der Waals surface area contributed by atoms with E-state index in [1.165, 1.54) is 24.0 Å².